The summed E-state index contributed by atoms with van der Waals surface area (Å²) < 4.78 is 5.29. The van der Waals surface area contributed by atoms with E-state index in [-0.39, 0.29) is 5.78 Å². The minimum atomic E-state index is -0.561. The van der Waals surface area contributed by atoms with E-state index in [2.05, 4.69) is 42.5 Å². The largest absolute Gasteiger partial charge is 0.497 e. The normalized spacial score (nSPS) is 15.5. The second kappa shape index (κ2) is 8.18. The molecule has 0 spiro atoms. The number of hydrogen-bond donors (Lipinski definition) is 0. The SMILES string of the molecule is COc1ccc(N=C(C2=C(c3ccccc3)C(C)(C)C2=O)c2ccc3ccccc3c2)cc1. The summed E-state index contributed by atoms with van der Waals surface area (Å²) in [6, 6.07) is 32.2. The van der Waals surface area contributed by atoms with Crippen LogP contribution in [-0.4, -0.2) is 18.6 Å². The Kier molecular flexibility index (Phi) is 5.18. The molecule has 0 amide bonds. The molecule has 0 aromatic heterocycles. The van der Waals surface area contributed by atoms with Crippen molar-refractivity contribution in [2.45, 2.75) is 13.8 Å². The Bertz CT molecular complexity index is 1410. The van der Waals surface area contributed by atoms with E-state index in [1.54, 1.807) is 7.11 Å². The summed E-state index contributed by atoms with van der Waals surface area (Å²) in [5, 5.41) is 2.27. The quantitative estimate of drug-likeness (QED) is 0.318. The van der Waals surface area contributed by atoms with Crippen LogP contribution >= 0.6 is 0 Å². The number of carbonyl (C=O) groups excluding carboxylic acids is 1. The zero-order chi connectivity index (χ0) is 23.0. The maximum Gasteiger partial charge on any atom is 0.175 e. The third-order valence-corrected chi connectivity index (χ3v) is 6.31. The summed E-state index contributed by atoms with van der Waals surface area (Å²) in [6.45, 7) is 3.99. The van der Waals surface area contributed by atoms with Gasteiger partial charge in [0.2, 0.25) is 0 Å². The average Bonchev–Trinajstić information content (AvgIpc) is 2.86. The summed E-state index contributed by atoms with van der Waals surface area (Å²) in [5.41, 5.74) is 4.63. The number of allylic oxidation sites excluding steroid dienone is 2. The number of carbonyl (C=O) groups is 1. The first-order valence-electron chi connectivity index (χ1n) is 11.1. The zero-order valence-electron chi connectivity index (χ0n) is 19.0. The van der Waals surface area contributed by atoms with Gasteiger partial charge in [-0.25, -0.2) is 4.99 Å². The highest BCUT2D eigenvalue weighted by Gasteiger charge is 2.48. The molecule has 3 nitrogen and oxygen atoms in total. The minimum absolute atomic E-state index is 0.113. The van der Waals surface area contributed by atoms with Gasteiger partial charge in [-0.2, -0.15) is 0 Å². The Morgan fingerprint density at radius 2 is 1.45 bits per heavy atom. The molecule has 33 heavy (non-hydrogen) atoms. The van der Waals surface area contributed by atoms with Crippen LogP contribution in [0.4, 0.5) is 5.69 Å². The third kappa shape index (κ3) is 3.66. The Morgan fingerprint density at radius 3 is 2.15 bits per heavy atom. The monoisotopic (exact) mass is 431 g/mol. The summed E-state index contributed by atoms with van der Waals surface area (Å²) in [7, 11) is 1.64. The molecule has 0 fully saturated rings. The number of rotatable bonds is 5. The van der Waals surface area contributed by atoms with E-state index in [0.29, 0.717) is 11.3 Å². The van der Waals surface area contributed by atoms with E-state index in [1.165, 1.54) is 0 Å². The molecule has 0 N–H and O–H groups in total. The van der Waals surface area contributed by atoms with Crippen molar-refractivity contribution in [3.05, 3.63) is 114 Å². The van der Waals surface area contributed by atoms with Gasteiger partial charge in [-0.3, -0.25) is 4.79 Å². The number of ether oxygens (including phenoxy) is 1. The highest BCUT2D eigenvalue weighted by molar-refractivity contribution is 6.42. The van der Waals surface area contributed by atoms with Crippen LogP contribution in [0.2, 0.25) is 0 Å². The number of Topliss-reactive ketones (excluding diaryl/α,β-unsaturated/α-hetero) is 1. The molecule has 5 rings (SSSR count). The van der Waals surface area contributed by atoms with Crippen LogP contribution < -0.4 is 4.74 Å². The molecular formula is C30H25NO2. The number of fused-ring (bicyclic) bond motifs is 1. The molecular weight excluding hydrogens is 406 g/mol. The van der Waals surface area contributed by atoms with E-state index in [0.717, 1.165) is 38.9 Å². The molecule has 0 unspecified atom stereocenters. The van der Waals surface area contributed by atoms with Crippen LogP contribution in [-0.2, 0) is 4.79 Å². The van der Waals surface area contributed by atoms with Gasteiger partial charge in [-0.15, -0.1) is 0 Å². The molecule has 1 aliphatic rings. The molecule has 0 atom stereocenters. The van der Waals surface area contributed by atoms with Crippen molar-refractivity contribution in [2.75, 3.05) is 7.11 Å². The lowest BCUT2D eigenvalue weighted by molar-refractivity contribution is -0.122. The van der Waals surface area contributed by atoms with Gasteiger partial charge in [0.05, 0.1) is 23.9 Å². The molecule has 0 heterocycles. The zero-order valence-corrected chi connectivity index (χ0v) is 19.0. The van der Waals surface area contributed by atoms with Crippen LogP contribution in [0.25, 0.3) is 16.3 Å². The van der Waals surface area contributed by atoms with Crippen LogP contribution in [0.3, 0.4) is 0 Å². The maximum atomic E-state index is 13.5. The van der Waals surface area contributed by atoms with Crippen molar-refractivity contribution >= 4 is 33.5 Å². The second-order valence-electron chi connectivity index (χ2n) is 8.79. The number of hydrogen-bond acceptors (Lipinski definition) is 3. The molecule has 1 aliphatic carbocycles. The minimum Gasteiger partial charge on any atom is -0.497 e. The van der Waals surface area contributed by atoms with Crippen molar-refractivity contribution in [1.29, 1.82) is 0 Å². The van der Waals surface area contributed by atoms with E-state index in [9.17, 15) is 4.79 Å². The van der Waals surface area contributed by atoms with E-state index in [1.807, 2.05) is 68.4 Å². The predicted octanol–water partition coefficient (Wildman–Crippen LogP) is 7.03. The Morgan fingerprint density at radius 1 is 0.788 bits per heavy atom. The topological polar surface area (TPSA) is 38.7 Å². The third-order valence-electron chi connectivity index (χ3n) is 6.31. The van der Waals surface area contributed by atoms with Crippen LogP contribution in [0, 0.1) is 5.41 Å². The highest BCUT2D eigenvalue weighted by atomic mass is 16.5. The molecule has 4 aromatic rings. The number of nitrogens with zero attached hydrogens (tertiary/aromatic N) is 1. The number of ketones is 1. The van der Waals surface area contributed by atoms with E-state index in [4.69, 9.17) is 9.73 Å². The van der Waals surface area contributed by atoms with Gasteiger partial charge in [0.15, 0.2) is 5.78 Å². The van der Waals surface area contributed by atoms with Gasteiger partial charge < -0.3 is 4.74 Å². The summed E-state index contributed by atoms with van der Waals surface area (Å²) >= 11 is 0. The first-order chi connectivity index (χ1) is 16.0. The number of methoxy groups -OCH3 is 1. The molecule has 162 valence electrons. The molecule has 0 saturated carbocycles. The molecule has 4 aromatic carbocycles. The fourth-order valence-electron chi connectivity index (χ4n) is 4.51. The van der Waals surface area contributed by atoms with Crippen molar-refractivity contribution < 1.29 is 9.53 Å². The van der Waals surface area contributed by atoms with Gasteiger partial charge >= 0.3 is 0 Å². The van der Waals surface area contributed by atoms with Gasteiger partial charge in [-0.1, -0.05) is 66.7 Å². The first-order valence-corrected chi connectivity index (χ1v) is 11.1. The number of benzene rings is 4. The first kappa shape index (κ1) is 20.9. The fraction of sp³-hybridized carbons (Fsp3) is 0.133. The lowest BCUT2D eigenvalue weighted by Crippen LogP contribution is -2.41. The van der Waals surface area contributed by atoms with Crippen LogP contribution in [0.5, 0.6) is 5.75 Å². The summed E-state index contributed by atoms with van der Waals surface area (Å²) in [6.07, 6.45) is 0. The Balaban J connectivity index is 1.75. The van der Waals surface area contributed by atoms with Gasteiger partial charge in [0.25, 0.3) is 0 Å². The smallest absolute Gasteiger partial charge is 0.175 e. The Labute approximate surface area is 194 Å². The Hall–Kier alpha value is -3.98. The summed E-state index contributed by atoms with van der Waals surface area (Å²) in [4.78, 5) is 18.5. The molecule has 0 saturated heterocycles. The van der Waals surface area contributed by atoms with Gasteiger partial charge in [0.1, 0.15) is 5.75 Å². The fourth-order valence-corrected chi connectivity index (χ4v) is 4.51. The lowest BCUT2D eigenvalue weighted by atomic mass is 9.61. The van der Waals surface area contributed by atoms with Crippen molar-refractivity contribution in [3.63, 3.8) is 0 Å². The molecule has 3 heteroatoms. The van der Waals surface area contributed by atoms with Crippen molar-refractivity contribution in [2.24, 2.45) is 10.4 Å². The van der Waals surface area contributed by atoms with Crippen LogP contribution in [0.15, 0.2) is 108 Å². The average molecular weight is 432 g/mol. The van der Waals surface area contributed by atoms with Crippen LogP contribution in [0.1, 0.15) is 25.0 Å². The number of aliphatic imine (C=N–C) groups is 1. The van der Waals surface area contributed by atoms with Crippen molar-refractivity contribution in [1.82, 2.24) is 0 Å². The van der Waals surface area contributed by atoms with E-state index >= 15 is 0 Å². The summed E-state index contributed by atoms with van der Waals surface area (Å²) in [5.74, 6) is 0.882. The highest BCUT2D eigenvalue weighted by Crippen LogP contribution is 2.50. The predicted molar refractivity (Wildman–Crippen MR) is 135 cm³/mol. The van der Waals surface area contributed by atoms with Gasteiger partial charge in [-0.05, 0) is 66.1 Å². The molecule has 0 bridgehead atoms. The van der Waals surface area contributed by atoms with Gasteiger partial charge in [0, 0.05) is 11.1 Å². The lowest BCUT2D eigenvalue weighted by Gasteiger charge is -2.39. The molecule has 0 aliphatic heterocycles. The van der Waals surface area contributed by atoms with E-state index < -0.39 is 5.41 Å². The maximum absolute atomic E-state index is 13.5. The second-order valence-corrected chi connectivity index (χ2v) is 8.79. The standard InChI is InChI=1S/C30H25NO2/c1-30(2)27(21-10-5-4-6-11-21)26(29(30)32)28(31-24-15-17-25(33-3)18-16-24)23-14-13-20-9-7-8-12-22(20)19-23/h4-19H,1-3H3. The van der Waals surface area contributed by atoms with Crippen molar-refractivity contribution in [3.8, 4) is 5.75 Å². The molecule has 0 radical (unpaired) electrons.